The summed E-state index contributed by atoms with van der Waals surface area (Å²) < 4.78 is 0. The van der Waals surface area contributed by atoms with Crippen molar-refractivity contribution in [2.45, 2.75) is 65.0 Å². The van der Waals surface area contributed by atoms with Gasteiger partial charge in [0.1, 0.15) is 0 Å². The van der Waals surface area contributed by atoms with Crippen molar-refractivity contribution < 1.29 is 0 Å². The van der Waals surface area contributed by atoms with Crippen LogP contribution >= 0.6 is 0 Å². The second kappa shape index (κ2) is 6.38. The van der Waals surface area contributed by atoms with Crippen LogP contribution in [0.2, 0.25) is 0 Å². The number of hydrogen-bond acceptors (Lipinski definition) is 2. The molecular weight excluding hydrogens is 220 g/mol. The molecule has 2 rings (SSSR count). The molecule has 1 aliphatic carbocycles. The molecule has 1 aliphatic heterocycles. The molecule has 0 aromatic rings. The Balaban J connectivity index is 1.89. The third-order valence-corrected chi connectivity index (χ3v) is 5.83. The quantitative estimate of drug-likeness (QED) is 0.830. The average molecular weight is 252 g/mol. The fraction of sp³-hybridized carbons (Fsp3) is 1.00. The van der Waals surface area contributed by atoms with E-state index in [9.17, 15) is 0 Å². The average Bonchev–Trinajstić information content (AvgIpc) is 2.38. The third kappa shape index (κ3) is 3.08. The van der Waals surface area contributed by atoms with Crippen LogP contribution in [0.25, 0.3) is 0 Å². The molecule has 0 aromatic heterocycles. The van der Waals surface area contributed by atoms with Crippen LogP contribution in [-0.4, -0.2) is 37.1 Å². The van der Waals surface area contributed by atoms with Gasteiger partial charge < -0.3 is 5.32 Å². The van der Waals surface area contributed by atoms with E-state index in [2.05, 4.69) is 38.0 Å². The lowest BCUT2D eigenvalue weighted by Crippen LogP contribution is -2.54. The SMILES string of the molecule is CNC1CCN(CC2CCCCC2C)C(C)C1C. The van der Waals surface area contributed by atoms with Gasteiger partial charge in [0.2, 0.25) is 0 Å². The van der Waals surface area contributed by atoms with E-state index in [1.54, 1.807) is 0 Å². The summed E-state index contributed by atoms with van der Waals surface area (Å²) in [6.45, 7) is 9.96. The van der Waals surface area contributed by atoms with Crippen LogP contribution in [0.15, 0.2) is 0 Å². The third-order valence-electron chi connectivity index (χ3n) is 5.83. The summed E-state index contributed by atoms with van der Waals surface area (Å²) >= 11 is 0. The first-order chi connectivity index (χ1) is 8.63. The molecule has 18 heavy (non-hydrogen) atoms. The van der Waals surface area contributed by atoms with Crippen molar-refractivity contribution in [1.82, 2.24) is 10.2 Å². The van der Waals surface area contributed by atoms with Crippen molar-refractivity contribution in [3.8, 4) is 0 Å². The van der Waals surface area contributed by atoms with E-state index in [0.29, 0.717) is 0 Å². The predicted molar refractivity (Wildman–Crippen MR) is 78.8 cm³/mol. The highest BCUT2D eigenvalue weighted by Gasteiger charge is 2.33. The Labute approximate surface area is 114 Å². The molecule has 1 N–H and O–H groups in total. The van der Waals surface area contributed by atoms with Crippen molar-refractivity contribution in [1.29, 1.82) is 0 Å². The zero-order chi connectivity index (χ0) is 13.1. The molecule has 0 radical (unpaired) electrons. The molecule has 1 saturated carbocycles. The standard InChI is InChI=1S/C16H32N2/c1-12-7-5-6-8-15(12)11-18-10-9-16(17-4)13(2)14(18)3/h12-17H,5-11H2,1-4H3. The van der Waals surface area contributed by atoms with E-state index >= 15 is 0 Å². The molecule has 1 heterocycles. The summed E-state index contributed by atoms with van der Waals surface area (Å²) in [5.41, 5.74) is 0. The molecule has 0 spiro atoms. The van der Waals surface area contributed by atoms with Gasteiger partial charge in [0, 0.05) is 18.6 Å². The van der Waals surface area contributed by atoms with Crippen LogP contribution in [-0.2, 0) is 0 Å². The molecule has 106 valence electrons. The van der Waals surface area contributed by atoms with Crippen molar-refractivity contribution in [2.24, 2.45) is 17.8 Å². The Morgan fingerprint density at radius 1 is 1.06 bits per heavy atom. The molecule has 0 amide bonds. The molecule has 2 heteroatoms. The van der Waals surface area contributed by atoms with E-state index in [-0.39, 0.29) is 0 Å². The summed E-state index contributed by atoms with van der Waals surface area (Å²) in [6.07, 6.45) is 7.18. The highest BCUT2D eigenvalue weighted by Crippen LogP contribution is 2.32. The van der Waals surface area contributed by atoms with Crippen LogP contribution in [0.5, 0.6) is 0 Å². The summed E-state index contributed by atoms with van der Waals surface area (Å²) in [6, 6.07) is 1.46. The molecule has 0 aromatic carbocycles. The number of nitrogens with one attached hydrogen (secondary N) is 1. The van der Waals surface area contributed by atoms with Crippen LogP contribution in [0, 0.1) is 17.8 Å². The molecular formula is C16H32N2. The number of nitrogens with zero attached hydrogens (tertiary/aromatic N) is 1. The maximum absolute atomic E-state index is 3.49. The monoisotopic (exact) mass is 252 g/mol. The van der Waals surface area contributed by atoms with Gasteiger partial charge in [-0.2, -0.15) is 0 Å². The minimum absolute atomic E-state index is 0.722. The highest BCUT2D eigenvalue weighted by molar-refractivity contribution is 4.89. The van der Waals surface area contributed by atoms with E-state index in [0.717, 1.165) is 29.8 Å². The maximum atomic E-state index is 3.49. The van der Waals surface area contributed by atoms with E-state index in [1.165, 1.54) is 45.2 Å². The minimum Gasteiger partial charge on any atom is -0.317 e. The van der Waals surface area contributed by atoms with Gasteiger partial charge >= 0.3 is 0 Å². The summed E-state index contributed by atoms with van der Waals surface area (Å²) in [7, 11) is 2.12. The first-order valence-electron chi connectivity index (χ1n) is 8.04. The van der Waals surface area contributed by atoms with Gasteiger partial charge in [0.05, 0.1) is 0 Å². The molecule has 5 unspecified atom stereocenters. The molecule has 2 fully saturated rings. The Hall–Kier alpha value is -0.0800. The summed E-state index contributed by atoms with van der Waals surface area (Å²) in [4.78, 5) is 2.77. The fourth-order valence-electron chi connectivity index (χ4n) is 4.07. The van der Waals surface area contributed by atoms with Gasteiger partial charge in [-0.05, 0) is 51.1 Å². The Morgan fingerprint density at radius 2 is 1.78 bits per heavy atom. The second-order valence-corrected chi connectivity index (χ2v) is 6.80. The molecule has 2 nitrogen and oxygen atoms in total. The van der Waals surface area contributed by atoms with Crippen LogP contribution in [0.1, 0.15) is 52.9 Å². The molecule has 1 saturated heterocycles. The lowest BCUT2D eigenvalue weighted by atomic mass is 9.79. The smallest absolute Gasteiger partial charge is 0.0117 e. The van der Waals surface area contributed by atoms with Crippen molar-refractivity contribution >= 4 is 0 Å². The Bertz CT molecular complexity index is 253. The Morgan fingerprint density at radius 3 is 2.44 bits per heavy atom. The number of likely N-dealkylation sites (tertiary alicyclic amines) is 1. The van der Waals surface area contributed by atoms with Gasteiger partial charge in [-0.1, -0.05) is 33.1 Å². The van der Waals surface area contributed by atoms with Crippen LogP contribution in [0.4, 0.5) is 0 Å². The first-order valence-corrected chi connectivity index (χ1v) is 8.04. The summed E-state index contributed by atoms with van der Waals surface area (Å²) in [5.74, 6) is 2.69. The van der Waals surface area contributed by atoms with Gasteiger partial charge in [-0.25, -0.2) is 0 Å². The van der Waals surface area contributed by atoms with Gasteiger partial charge in [-0.3, -0.25) is 4.90 Å². The number of rotatable bonds is 3. The number of hydrogen-bond donors (Lipinski definition) is 1. The zero-order valence-electron chi connectivity index (χ0n) is 12.8. The van der Waals surface area contributed by atoms with E-state index in [1.807, 2.05) is 0 Å². The van der Waals surface area contributed by atoms with Gasteiger partial charge in [0.25, 0.3) is 0 Å². The molecule has 2 aliphatic rings. The normalized spacial score (nSPS) is 43.0. The lowest BCUT2D eigenvalue weighted by Gasteiger charge is -2.45. The van der Waals surface area contributed by atoms with E-state index < -0.39 is 0 Å². The number of piperidine rings is 1. The molecule has 0 bridgehead atoms. The van der Waals surface area contributed by atoms with Crippen molar-refractivity contribution in [3.63, 3.8) is 0 Å². The van der Waals surface area contributed by atoms with Crippen LogP contribution in [0.3, 0.4) is 0 Å². The van der Waals surface area contributed by atoms with Crippen molar-refractivity contribution in [2.75, 3.05) is 20.1 Å². The summed E-state index contributed by atoms with van der Waals surface area (Å²) in [5, 5.41) is 3.49. The Kier molecular flexibility index (Phi) is 5.08. The van der Waals surface area contributed by atoms with Gasteiger partial charge in [-0.15, -0.1) is 0 Å². The molecule has 5 atom stereocenters. The largest absolute Gasteiger partial charge is 0.317 e. The topological polar surface area (TPSA) is 15.3 Å². The van der Waals surface area contributed by atoms with Gasteiger partial charge in [0.15, 0.2) is 0 Å². The highest BCUT2D eigenvalue weighted by atomic mass is 15.2. The van der Waals surface area contributed by atoms with E-state index in [4.69, 9.17) is 0 Å². The lowest BCUT2D eigenvalue weighted by molar-refractivity contribution is 0.0548. The maximum Gasteiger partial charge on any atom is 0.0117 e. The first kappa shape index (κ1) is 14.3. The van der Waals surface area contributed by atoms with Crippen molar-refractivity contribution in [3.05, 3.63) is 0 Å². The minimum atomic E-state index is 0.722. The fourth-order valence-corrected chi connectivity index (χ4v) is 4.07. The second-order valence-electron chi connectivity index (χ2n) is 6.80. The van der Waals surface area contributed by atoms with Crippen LogP contribution < -0.4 is 5.32 Å². The zero-order valence-corrected chi connectivity index (χ0v) is 12.8. The predicted octanol–water partition coefficient (Wildman–Crippen LogP) is 3.13.